The van der Waals surface area contributed by atoms with Gasteiger partial charge < -0.3 is 9.64 Å². The van der Waals surface area contributed by atoms with Gasteiger partial charge in [-0.1, -0.05) is 51.0 Å². The van der Waals surface area contributed by atoms with Crippen LogP contribution < -0.4 is 15.5 Å². The lowest BCUT2D eigenvalue weighted by atomic mass is 10.1. The summed E-state index contributed by atoms with van der Waals surface area (Å²) in [6.07, 6.45) is 9.35. The zero-order valence-corrected chi connectivity index (χ0v) is 22.5. The van der Waals surface area contributed by atoms with Gasteiger partial charge in [0.1, 0.15) is 5.57 Å². The van der Waals surface area contributed by atoms with E-state index in [9.17, 15) is 22.8 Å². The van der Waals surface area contributed by atoms with E-state index in [0.29, 0.717) is 31.0 Å². The van der Waals surface area contributed by atoms with Crippen LogP contribution >= 0.6 is 0 Å². The first-order valence-corrected chi connectivity index (χ1v) is 14.2. The largest absolute Gasteiger partial charge is 0.439 e. The van der Waals surface area contributed by atoms with Crippen molar-refractivity contribution >= 4 is 33.7 Å². The second-order valence-electron chi connectivity index (χ2n) is 8.81. The third-order valence-electron chi connectivity index (χ3n) is 6.06. The lowest BCUT2D eigenvalue weighted by Crippen LogP contribution is -2.56. The maximum atomic E-state index is 13.0. The molecule has 3 rings (SSSR count). The highest BCUT2D eigenvalue weighted by molar-refractivity contribution is 7.86. The van der Waals surface area contributed by atoms with E-state index in [4.69, 9.17) is 10.6 Å². The van der Waals surface area contributed by atoms with Gasteiger partial charge in [0.15, 0.2) is 5.75 Å². The summed E-state index contributed by atoms with van der Waals surface area (Å²) >= 11 is 0. The fraction of sp³-hybridized carbons (Fsp3) is 0.423. The molecule has 11 nitrogen and oxygen atoms in total. The molecule has 0 aliphatic carbocycles. The van der Waals surface area contributed by atoms with Crippen molar-refractivity contribution in [2.24, 2.45) is 5.90 Å². The van der Waals surface area contributed by atoms with Gasteiger partial charge in [-0.2, -0.15) is 18.6 Å². The summed E-state index contributed by atoms with van der Waals surface area (Å²) in [5.41, 5.74) is 0.691. The molecule has 12 heteroatoms. The zero-order chi connectivity index (χ0) is 27.7. The van der Waals surface area contributed by atoms with E-state index in [-0.39, 0.29) is 30.8 Å². The molecule has 1 aromatic rings. The van der Waals surface area contributed by atoms with E-state index in [1.807, 2.05) is 36.9 Å². The van der Waals surface area contributed by atoms with Crippen LogP contribution in [-0.2, 0) is 24.0 Å². The van der Waals surface area contributed by atoms with Crippen LogP contribution in [0.3, 0.4) is 0 Å². The van der Waals surface area contributed by atoms with Crippen molar-refractivity contribution in [3.8, 4) is 5.75 Å². The number of anilines is 1. The predicted octanol–water partition coefficient (Wildman–Crippen LogP) is 3.21. The number of unbranched alkanes of at least 4 members (excludes halogenated alkanes) is 2. The number of allylic oxidation sites excluding steroid dienone is 4. The minimum absolute atomic E-state index is 0.0778. The molecule has 38 heavy (non-hydrogen) atoms. The lowest BCUT2D eigenvalue weighted by Gasteiger charge is -2.33. The van der Waals surface area contributed by atoms with Crippen molar-refractivity contribution in [1.82, 2.24) is 9.80 Å². The molecule has 0 spiro atoms. The maximum Gasteiger partial charge on any atom is 0.333 e. The standard InChI is InChI=1S/C26H34N4O7S/c1-3-5-16-29-24(31)20(25(32)30(26(29)33)17-6-4-2)12-7-10-15-23-28(18-11-19-38(34,35)37-27)21-13-8-9-14-22(21)36-23/h7-10,12-15H,3-6,11,16-19,27H2,1-2H3/b10-7+,23-15-. The first kappa shape index (κ1) is 29.1. The normalized spacial score (nSPS) is 17.1. The molecular weight excluding hydrogens is 512 g/mol. The van der Waals surface area contributed by atoms with Gasteiger partial charge in [0.05, 0.1) is 11.4 Å². The van der Waals surface area contributed by atoms with E-state index in [1.54, 1.807) is 24.3 Å². The summed E-state index contributed by atoms with van der Waals surface area (Å²) in [4.78, 5) is 42.9. The first-order chi connectivity index (χ1) is 18.2. The molecule has 0 atom stereocenters. The van der Waals surface area contributed by atoms with Crippen LogP contribution in [-0.4, -0.2) is 61.5 Å². The highest BCUT2D eigenvalue weighted by Crippen LogP contribution is 2.38. The molecular formula is C26H34N4O7S. The van der Waals surface area contributed by atoms with Gasteiger partial charge in [-0.15, -0.1) is 0 Å². The summed E-state index contributed by atoms with van der Waals surface area (Å²) in [6.45, 7) is 4.74. The van der Waals surface area contributed by atoms with E-state index in [2.05, 4.69) is 4.28 Å². The van der Waals surface area contributed by atoms with E-state index < -0.39 is 28.0 Å². The molecule has 0 saturated carbocycles. The van der Waals surface area contributed by atoms with Crippen LogP contribution in [0.2, 0.25) is 0 Å². The highest BCUT2D eigenvalue weighted by Gasteiger charge is 2.40. The molecule has 4 amide bonds. The highest BCUT2D eigenvalue weighted by atomic mass is 32.2. The second-order valence-corrected chi connectivity index (χ2v) is 10.5. The van der Waals surface area contributed by atoms with Crippen molar-refractivity contribution < 1.29 is 31.8 Å². The Balaban J connectivity index is 1.81. The molecule has 2 aliphatic rings. The third kappa shape index (κ3) is 6.88. The minimum Gasteiger partial charge on any atom is -0.439 e. The summed E-state index contributed by atoms with van der Waals surface area (Å²) in [6, 6.07) is 6.74. The maximum absolute atomic E-state index is 13.0. The number of nitrogens with two attached hydrogens (primary N) is 1. The summed E-state index contributed by atoms with van der Waals surface area (Å²) in [7, 11) is -3.80. The van der Waals surface area contributed by atoms with Gasteiger partial charge in [0.25, 0.3) is 21.9 Å². The average molecular weight is 547 g/mol. The number of ether oxygens (including phenoxy) is 1. The summed E-state index contributed by atoms with van der Waals surface area (Å²) < 4.78 is 33.1. The number of hydrogen-bond acceptors (Lipinski definition) is 9. The van der Waals surface area contributed by atoms with Crippen LogP contribution in [0.5, 0.6) is 5.75 Å². The monoisotopic (exact) mass is 546 g/mol. The number of para-hydroxylation sites is 2. The number of carbonyl (C=O) groups excluding carboxylic acids is 3. The summed E-state index contributed by atoms with van der Waals surface area (Å²) in [5, 5.41) is 0. The molecule has 0 unspecified atom stereocenters. The lowest BCUT2D eigenvalue weighted by molar-refractivity contribution is -0.136. The Morgan fingerprint density at radius 2 is 1.45 bits per heavy atom. The van der Waals surface area contributed by atoms with Gasteiger partial charge in [-0.05, 0) is 43.5 Å². The number of amides is 4. The van der Waals surface area contributed by atoms with Crippen LogP contribution in [0, 0.1) is 0 Å². The Labute approximate surface area is 223 Å². The predicted molar refractivity (Wildman–Crippen MR) is 142 cm³/mol. The van der Waals surface area contributed by atoms with Gasteiger partial charge in [0.2, 0.25) is 5.88 Å². The molecule has 0 bridgehead atoms. The van der Waals surface area contributed by atoms with Crippen molar-refractivity contribution in [3.63, 3.8) is 0 Å². The molecule has 2 aliphatic heterocycles. The SMILES string of the molecule is CCCCN1C(=O)C(=C/C=C/C=C2\Oc3ccccc3N2CCCS(=O)(=O)ON)C(=O)N(CCCC)C1=O. The second kappa shape index (κ2) is 13.4. The van der Waals surface area contributed by atoms with Crippen LogP contribution in [0.1, 0.15) is 46.0 Å². The number of hydrogen-bond donors (Lipinski definition) is 1. The summed E-state index contributed by atoms with van der Waals surface area (Å²) in [5.74, 6) is 4.40. The van der Waals surface area contributed by atoms with Crippen molar-refractivity contribution in [1.29, 1.82) is 0 Å². The molecule has 0 radical (unpaired) electrons. The molecule has 0 aromatic heterocycles. The van der Waals surface area contributed by atoms with Gasteiger partial charge >= 0.3 is 6.03 Å². The third-order valence-corrected chi connectivity index (χ3v) is 7.14. The first-order valence-electron chi connectivity index (χ1n) is 12.7. The number of urea groups is 1. The number of imide groups is 2. The molecule has 1 aromatic carbocycles. The Morgan fingerprint density at radius 1 is 0.868 bits per heavy atom. The van der Waals surface area contributed by atoms with E-state index in [1.165, 1.54) is 6.08 Å². The van der Waals surface area contributed by atoms with Crippen molar-refractivity contribution in [2.75, 3.05) is 30.3 Å². The fourth-order valence-corrected chi connectivity index (χ4v) is 4.59. The van der Waals surface area contributed by atoms with Crippen molar-refractivity contribution in [3.05, 3.63) is 60.0 Å². The number of carbonyl (C=O) groups is 3. The Morgan fingerprint density at radius 3 is 2.05 bits per heavy atom. The number of rotatable bonds is 13. The Bertz CT molecular complexity index is 1210. The van der Waals surface area contributed by atoms with Gasteiger partial charge in [0, 0.05) is 19.6 Å². The zero-order valence-electron chi connectivity index (χ0n) is 21.7. The Kier molecular flexibility index (Phi) is 10.2. The van der Waals surface area contributed by atoms with E-state index in [0.717, 1.165) is 28.3 Å². The number of benzene rings is 1. The van der Waals surface area contributed by atoms with Gasteiger partial charge in [-0.3, -0.25) is 19.4 Å². The number of fused-ring (bicyclic) bond motifs is 1. The molecule has 206 valence electrons. The average Bonchev–Trinajstić information content (AvgIpc) is 3.25. The van der Waals surface area contributed by atoms with Crippen LogP contribution in [0.4, 0.5) is 10.5 Å². The molecule has 2 heterocycles. The van der Waals surface area contributed by atoms with E-state index >= 15 is 0 Å². The molecule has 1 saturated heterocycles. The van der Waals surface area contributed by atoms with Crippen molar-refractivity contribution in [2.45, 2.75) is 46.0 Å². The molecule has 2 N–H and O–H groups in total. The minimum atomic E-state index is -3.80. The quantitative estimate of drug-likeness (QED) is 0.224. The van der Waals surface area contributed by atoms with Crippen LogP contribution in [0.15, 0.2) is 60.0 Å². The van der Waals surface area contributed by atoms with Crippen LogP contribution in [0.25, 0.3) is 0 Å². The molecule has 1 fully saturated rings. The van der Waals surface area contributed by atoms with Gasteiger partial charge in [-0.25, -0.2) is 4.79 Å². The smallest absolute Gasteiger partial charge is 0.333 e. The fourth-order valence-electron chi connectivity index (χ4n) is 4.02. The Hall–Kier alpha value is -3.48. The number of barbiturate groups is 1. The number of nitrogens with zero attached hydrogens (tertiary/aromatic N) is 3. The topological polar surface area (TPSA) is 140 Å².